The van der Waals surface area contributed by atoms with Gasteiger partial charge in [-0.1, -0.05) is 12.8 Å². The minimum absolute atomic E-state index is 0.113. The third-order valence-electron chi connectivity index (χ3n) is 2.68. The van der Waals surface area contributed by atoms with Crippen molar-refractivity contribution in [1.29, 1.82) is 0 Å². The van der Waals surface area contributed by atoms with Crippen molar-refractivity contribution in [1.82, 2.24) is 0 Å². The Labute approximate surface area is 80.3 Å². The third-order valence-corrected chi connectivity index (χ3v) is 2.68. The second-order valence-corrected chi connectivity index (χ2v) is 4.78. The quantitative estimate of drug-likeness (QED) is 0.669. The zero-order valence-electron chi connectivity index (χ0n) is 8.68. The third kappa shape index (κ3) is 3.90. The molecule has 1 aliphatic carbocycles. The molecule has 0 bridgehead atoms. The number of carbonyl (C=O) groups is 1. The lowest BCUT2D eigenvalue weighted by Gasteiger charge is -2.22. The van der Waals surface area contributed by atoms with Crippen LogP contribution in [0.15, 0.2) is 0 Å². The number of hydrogen-bond donors (Lipinski definition) is 1. The van der Waals surface area contributed by atoms with Crippen molar-refractivity contribution in [2.45, 2.75) is 58.0 Å². The minimum Gasteiger partial charge on any atom is -0.390 e. The number of rotatable bonds is 2. The van der Waals surface area contributed by atoms with Crippen molar-refractivity contribution in [3.63, 3.8) is 0 Å². The molecule has 1 fully saturated rings. The number of Topliss-reactive ketones (excluding diaryl/α,β-unsaturated/α-hetero) is 1. The van der Waals surface area contributed by atoms with E-state index in [9.17, 15) is 9.90 Å². The Hall–Kier alpha value is -0.370. The van der Waals surface area contributed by atoms with E-state index in [1.165, 1.54) is 6.42 Å². The second kappa shape index (κ2) is 4.23. The van der Waals surface area contributed by atoms with Crippen LogP contribution in [0.5, 0.6) is 0 Å². The molecule has 0 amide bonds. The van der Waals surface area contributed by atoms with E-state index >= 15 is 0 Å². The van der Waals surface area contributed by atoms with Crippen LogP contribution in [0.2, 0.25) is 0 Å². The molecule has 2 heteroatoms. The van der Waals surface area contributed by atoms with Gasteiger partial charge < -0.3 is 5.11 Å². The van der Waals surface area contributed by atoms with E-state index in [1.54, 1.807) is 13.8 Å². The van der Waals surface area contributed by atoms with Crippen molar-refractivity contribution in [2.75, 3.05) is 0 Å². The van der Waals surface area contributed by atoms with Crippen molar-refractivity contribution in [3.05, 3.63) is 0 Å². The zero-order valence-corrected chi connectivity index (χ0v) is 8.68. The van der Waals surface area contributed by atoms with Crippen LogP contribution in [-0.4, -0.2) is 16.5 Å². The average molecular weight is 184 g/mol. The van der Waals surface area contributed by atoms with E-state index in [0.717, 1.165) is 25.7 Å². The molecule has 1 saturated carbocycles. The van der Waals surface area contributed by atoms with Gasteiger partial charge in [0.05, 0.1) is 5.60 Å². The van der Waals surface area contributed by atoms with E-state index in [1.807, 2.05) is 0 Å². The summed E-state index contributed by atoms with van der Waals surface area (Å²) in [4.78, 5) is 11.6. The summed E-state index contributed by atoms with van der Waals surface area (Å²) in [6, 6.07) is 0. The highest BCUT2D eigenvalue weighted by Crippen LogP contribution is 2.27. The van der Waals surface area contributed by atoms with Gasteiger partial charge >= 0.3 is 0 Å². The van der Waals surface area contributed by atoms with Gasteiger partial charge in [0.25, 0.3) is 0 Å². The predicted octanol–water partition coefficient (Wildman–Crippen LogP) is 2.30. The topological polar surface area (TPSA) is 37.3 Å². The van der Waals surface area contributed by atoms with Crippen LogP contribution in [0.4, 0.5) is 0 Å². The predicted molar refractivity (Wildman–Crippen MR) is 52.5 cm³/mol. The molecule has 0 aliphatic heterocycles. The standard InChI is InChI=1S/C11H20O2/c1-11(2,13)8-9-6-4-3-5-7-10(9)12/h9,13H,3-8H2,1-2H3. The maximum atomic E-state index is 11.6. The minimum atomic E-state index is -0.690. The second-order valence-electron chi connectivity index (χ2n) is 4.78. The summed E-state index contributed by atoms with van der Waals surface area (Å²) in [7, 11) is 0. The zero-order chi connectivity index (χ0) is 9.90. The first-order chi connectivity index (χ1) is 5.99. The lowest BCUT2D eigenvalue weighted by molar-refractivity contribution is -0.124. The van der Waals surface area contributed by atoms with Crippen LogP contribution in [0.3, 0.4) is 0 Å². The van der Waals surface area contributed by atoms with E-state index in [-0.39, 0.29) is 5.92 Å². The van der Waals surface area contributed by atoms with Gasteiger partial charge in [0, 0.05) is 12.3 Å². The van der Waals surface area contributed by atoms with Crippen LogP contribution in [0.1, 0.15) is 52.4 Å². The molecule has 1 aliphatic rings. The van der Waals surface area contributed by atoms with Gasteiger partial charge in [-0.25, -0.2) is 0 Å². The smallest absolute Gasteiger partial charge is 0.136 e. The SMILES string of the molecule is CC(C)(O)CC1CCCCCC1=O. The molecule has 1 atom stereocenters. The summed E-state index contributed by atoms with van der Waals surface area (Å²) in [5.74, 6) is 0.474. The Bertz CT molecular complexity index is 179. The molecular formula is C11H20O2. The van der Waals surface area contributed by atoms with Crippen LogP contribution in [0, 0.1) is 5.92 Å². The number of aliphatic hydroxyl groups is 1. The lowest BCUT2D eigenvalue weighted by atomic mass is 9.87. The van der Waals surface area contributed by atoms with Crippen molar-refractivity contribution >= 4 is 5.78 Å². The molecule has 1 rings (SSSR count). The van der Waals surface area contributed by atoms with Gasteiger partial charge in [-0.15, -0.1) is 0 Å². The monoisotopic (exact) mass is 184 g/mol. The van der Waals surface area contributed by atoms with E-state index in [2.05, 4.69) is 0 Å². The molecular weight excluding hydrogens is 164 g/mol. The Kier molecular flexibility index (Phi) is 3.48. The summed E-state index contributed by atoms with van der Waals surface area (Å²) in [6.07, 6.45) is 5.69. The summed E-state index contributed by atoms with van der Waals surface area (Å²) < 4.78 is 0. The van der Waals surface area contributed by atoms with Crippen molar-refractivity contribution in [3.8, 4) is 0 Å². The maximum Gasteiger partial charge on any atom is 0.136 e. The van der Waals surface area contributed by atoms with Gasteiger partial charge in [-0.3, -0.25) is 4.79 Å². The molecule has 0 heterocycles. The lowest BCUT2D eigenvalue weighted by Crippen LogP contribution is -2.27. The highest BCUT2D eigenvalue weighted by atomic mass is 16.3. The van der Waals surface area contributed by atoms with Crippen LogP contribution < -0.4 is 0 Å². The number of ketones is 1. The van der Waals surface area contributed by atoms with E-state index < -0.39 is 5.60 Å². The van der Waals surface area contributed by atoms with Crippen molar-refractivity contribution in [2.24, 2.45) is 5.92 Å². The van der Waals surface area contributed by atoms with Crippen LogP contribution in [0.25, 0.3) is 0 Å². The molecule has 1 N–H and O–H groups in total. The van der Waals surface area contributed by atoms with Gasteiger partial charge in [0.1, 0.15) is 5.78 Å². The van der Waals surface area contributed by atoms with Gasteiger partial charge in [0.15, 0.2) is 0 Å². The molecule has 76 valence electrons. The maximum absolute atomic E-state index is 11.6. The molecule has 0 aromatic carbocycles. The fourth-order valence-corrected chi connectivity index (χ4v) is 2.05. The molecule has 2 nitrogen and oxygen atoms in total. The van der Waals surface area contributed by atoms with Gasteiger partial charge in [-0.05, 0) is 33.1 Å². The molecule has 13 heavy (non-hydrogen) atoms. The normalized spacial score (nSPS) is 25.8. The Morgan fingerprint density at radius 1 is 1.38 bits per heavy atom. The molecule has 1 unspecified atom stereocenters. The highest BCUT2D eigenvalue weighted by molar-refractivity contribution is 5.81. The molecule has 0 aromatic rings. The van der Waals surface area contributed by atoms with Crippen LogP contribution >= 0.6 is 0 Å². The fourth-order valence-electron chi connectivity index (χ4n) is 2.05. The Morgan fingerprint density at radius 2 is 2.08 bits per heavy atom. The largest absolute Gasteiger partial charge is 0.390 e. The molecule has 0 spiro atoms. The molecule has 0 radical (unpaired) electrons. The van der Waals surface area contributed by atoms with Crippen LogP contribution in [-0.2, 0) is 4.79 Å². The Morgan fingerprint density at radius 3 is 2.69 bits per heavy atom. The molecule has 0 saturated heterocycles. The Balaban J connectivity index is 2.50. The average Bonchev–Trinajstić information content (AvgIpc) is 2.14. The van der Waals surface area contributed by atoms with E-state index in [0.29, 0.717) is 12.2 Å². The summed E-state index contributed by atoms with van der Waals surface area (Å²) >= 11 is 0. The first-order valence-corrected chi connectivity index (χ1v) is 5.24. The van der Waals surface area contributed by atoms with E-state index in [4.69, 9.17) is 0 Å². The summed E-state index contributed by atoms with van der Waals surface area (Å²) in [5, 5.41) is 9.63. The summed E-state index contributed by atoms with van der Waals surface area (Å²) in [5.41, 5.74) is -0.690. The molecule has 0 aromatic heterocycles. The van der Waals surface area contributed by atoms with Gasteiger partial charge in [-0.2, -0.15) is 0 Å². The first-order valence-electron chi connectivity index (χ1n) is 5.24. The first kappa shape index (κ1) is 10.7. The van der Waals surface area contributed by atoms with Crippen molar-refractivity contribution < 1.29 is 9.90 Å². The summed E-state index contributed by atoms with van der Waals surface area (Å²) in [6.45, 7) is 3.57. The number of carbonyl (C=O) groups excluding carboxylic acids is 1. The fraction of sp³-hybridized carbons (Fsp3) is 0.909. The number of hydrogen-bond acceptors (Lipinski definition) is 2. The van der Waals surface area contributed by atoms with Gasteiger partial charge in [0.2, 0.25) is 0 Å². The highest BCUT2D eigenvalue weighted by Gasteiger charge is 2.26.